The molecule has 0 aliphatic rings. The van der Waals surface area contributed by atoms with Gasteiger partial charge in [0.25, 0.3) is 0 Å². The number of halogens is 2. The lowest BCUT2D eigenvalue weighted by molar-refractivity contribution is 0.576. The van der Waals surface area contributed by atoms with Gasteiger partial charge in [0.15, 0.2) is 0 Å². The molecular formula is C15H15F2NS. The predicted molar refractivity (Wildman–Crippen MR) is 75.2 cm³/mol. The summed E-state index contributed by atoms with van der Waals surface area (Å²) in [5, 5.41) is 0. The lowest BCUT2D eigenvalue weighted by Crippen LogP contribution is -2.13. The minimum absolute atomic E-state index is 0.267. The maximum absolute atomic E-state index is 13.1. The minimum atomic E-state index is -0.570. The van der Waals surface area contributed by atoms with Crippen LogP contribution >= 0.6 is 11.8 Å². The van der Waals surface area contributed by atoms with Crippen LogP contribution in [0.2, 0.25) is 0 Å². The molecule has 0 amide bonds. The number of rotatable bonds is 4. The van der Waals surface area contributed by atoms with E-state index in [1.54, 1.807) is 11.8 Å². The van der Waals surface area contributed by atoms with Crippen LogP contribution in [0.4, 0.5) is 8.78 Å². The molecule has 1 atom stereocenters. The predicted octanol–water partition coefficient (Wildman–Crippen LogP) is 3.93. The van der Waals surface area contributed by atoms with Gasteiger partial charge in [0.1, 0.15) is 11.6 Å². The molecule has 0 bridgehead atoms. The van der Waals surface area contributed by atoms with Crippen molar-refractivity contribution in [3.05, 3.63) is 65.2 Å². The fourth-order valence-corrected chi connectivity index (χ4v) is 2.36. The van der Waals surface area contributed by atoms with Crippen molar-refractivity contribution in [2.24, 2.45) is 5.73 Å². The molecule has 0 aliphatic heterocycles. The van der Waals surface area contributed by atoms with Crippen LogP contribution in [0.25, 0.3) is 0 Å². The molecule has 1 unspecified atom stereocenters. The summed E-state index contributed by atoms with van der Waals surface area (Å²) < 4.78 is 26.2. The van der Waals surface area contributed by atoms with E-state index in [9.17, 15) is 8.78 Å². The molecule has 0 spiro atoms. The summed E-state index contributed by atoms with van der Waals surface area (Å²) in [7, 11) is 0. The number of nitrogens with two attached hydrogens (primary N) is 1. The topological polar surface area (TPSA) is 26.0 Å². The summed E-state index contributed by atoms with van der Waals surface area (Å²) in [5.41, 5.74) is 7.60. The van der Waals surface area contributed by atoms with Crippen molar-refractivity contribution < 1.29 is 8.78 Å². The van der Waals surface area contributed by atoms with Gasteiger partial charge in [-0.1, -0.05) is 12.1 Å². The molecule has 0 saturated heterocycles. The van der Waals surface area contributed by atoms with Crippen LogP contribution in [0.15, 0.2) is 47.4 Å². The number of hydrogen-bond acceptors (Lipinski definition) is 2. The van der Waals surface area contributed by atoms with E-state index in [2.05, 4.69) is 0 Å². The Kier molecular flexibility index (Phi) is 4.56. The van der Waals surface area contributed by atoms with Gasteiger partial charge in [-0.3, -0.25) is 0 Å². The second-order valence-corrected chi connectivity index (χ2v) is 5.24. The van der Waals surface area contributed by atoms with Gasteiger partial charge >= 0.3 is 0 Å². The molecule has 0 heterocycles. The zero-order valence-corrected chi connectivity index (χ0v) is 11.4. The van der Waals surface area contributed by atoms with Gasteiger partial charge in [0.05, 0.1) is 0 Å². The first-order chi connectivity index (χ1) is 9.08. The second kappa shape index (κ2) is 6.17. The Balaban J connectivity index is 2.13. The highest BCUT2D eigenvalue weighted by molar-refractivity contribution is 7.98. The van der Waals surface area contributed by atoms with Crippen LogP contribution in [0.1, 0.15) is 17.2 Å². The lowest BCUT2D eigenvalue weighted by Gasteiger charge is -2.13. The van der Waals surface area contributed by atoms with E-state index in [1.807, 2.05) is 30.5 Å². The SMILES string of the molecule is CSc1ccc(C(N)Cc2cc(F)cc(F)c2)cc1. The number of thioether (sulfide) groups is 1. The van der Waals surface area contributed by atoms with E-state index in [0.717, 1.165) is 16.5 Å². The molecule has 1 nitrogen and oxygen atoms in total. The minimum Gasteiger partial charge on any atom is -0.324 e. The zero-order chi connectivity index (χ0) is 13.8. The van der Waals surface area contributed by atoms with Gasteiger partial charge in [-0.25, -0.2) is 8.78 Å². The van der Waals surface area contributed by atoms with Gasteiger partial charge in [0.2, 0.25) is 0 Å². The Morgan fingerprint density at radius 1 is 1.05 bits per heavy atom. The third-order valence-electron chi connectivity index (χ3n) is 2.92. The first-order valence-corrected chi connectivity index (χ1v) is 7.15. The van der Waals surface area contributed by atoms with Crippen molar-refractivity contribution in [1.29, 1.82) is 0 Å². The molecule has 0 fully saturated rings. The number of hydrogen-bond donors (Lipinski definition) is 1. The number of benzene rings is 2. The largest absolute Gasteiger partial charge is 0.324 e. The molecule has 0 aliphatic carbocycles. The van der Waals surface area contributed by atoms with Crippen LogP contribution in [0.3, 0.4) is 0 Å². The maximum atomic E-state index is 13.1. The van der Waals surface area contributed by atoms with Crippen molar-refractivity contribution in [2.45, 2.75) is 17.4 Å². The molecule has 0 radical (unpaired) electrons. The van der Waals surface area contributed by atoms with Crippen molar-refractivity contribution in [3.63, 3.8) is 0 Å². The molecule has 4 heteroatoms. The van der Waals surface area contributed by atoms with Crippen molar-refractivity contribution in [2.75, 3.05) is 6.26 Å². The average molecular weight is 279 g/mol. The highest BCUT2D eigenvalue weighted by Gasteiger charge is 2.09. The molecule has 0 aromatic heterocycles. The van der Waals surface area contributed by atoms with E-state index in [4.69, 9.17) is 5.73 Å². The van der Waals surface area contributed by atoms with Gasteiger partial charge in [0, 0.05) is 17.0 Å². The molecule has 100 valence electrons. The standard InChI is InChI=1S/C15H15F2NS/c1-19-14-4-2-11(3-5-14)15(18)8-10-6-12(16)9-13(17)7-10/h2-7,9,15H,8,18H2,1H3. The summed E-state index contributed by atoms with van der Waals surface area (Å²) in [5.74, 6) is -1.14. The molecule has 2 rings (SSSR count). The molecule has 2 aromatic carbocycles. The lowest BCUT2D eigenvalue weighted by atomic mass is 9.99. The normalized spacial score (nSPS) is 12.4. The first kappa shape index (κ1) is 14.0. The van der Waals surface area contributed by atoms with Crippen molar-refractivity contribution in [3.8, 4) is 0 Å². The fourth-order valence-electron chi connectivity index (χ4n) is 1.95. The highest BCUT2D eigenvalue weighted by Crippen LogP contribution is 2.21. The van der Waals surface area contributed by atoms with Gasteiger partial charge in [-0.2, -0.15) is 0 Å². The van der Waals surface area contributed by atoms with E-state index in [-0.39, 0.29) is 6.04 Å². The third kappa shape index (κ3) is 3.78. The summed E-state index contributed by atoms with van der Waals surface area (Å²) in [6, 6.07) is 11.1. The molecule has 19 heavy (non-hydrogen) atoms. The Hall–Kier alpha value is -1.39. The molecular weight excluding hydrogens is 264 g/mol. The Morgan fingerprint density at radius 3 is 2.16 bits per heavy atom. The summed E-state index contributed by atoms with van der Waals surface area (Å²) in [6.07, 6.45) is 2.41. The quantitative estimate of drug-likeness (QED) is 0.858. The van der Waals surface area contributed by atoms with Crippen LogP contribution < -0.4 is 5.73 Å². The van der Waals surface area contributed by atoms with Crippen molar-refractivity contribution >= 4 is 11.8 Å². The smallest absolute Gasteiger partial charge is 0.126 e. The third-order valence-corrected chi connectivity index (χ3v) is 3.67. The van der Waals surface area contributed by atoms with E-state index in [0.29, 0.717) is 12.0 Å². The maximum Gasteiger partial charge on any atom is 0.126 e. The fraction of sp³-hybridized carbons (Fsp3) is 0.200. The molecule has 2 aromatic rings. The van der Waals surface area contributed by atoms with Crippen LogP contribution in [-0.4, -0.2) is 6.26 Å². The Bertz CT molecular complexity index is 534. The highest BCUT2D eigenvalue weighted by atomic mass is 32.2. The van der Waals surface area contributed by atoms with E-state index in [1.165, 1.54) is 12.1 Å². The summed E-state index contributed by atoms with van der Waals surface area (Å²) >= 11 is 1.66. The van der Waals surface area contributed by atoms with Crippen molar-refractivity contribution in [1.82, 2.24) is 0 Å². The Labute approximate surface area is 115 Å². The average Bonchev–Trinajstić information content (AvgIpc) is 2.37. The van der Waals surface area contributed by atoms with E-state index < -0.39 is 11.6 Å². The van der Waals surface area contributed by atoms with Gasteiger partial charge < -0.3 is 5.73 Å². The molecule has 0 saturated carbocycles. The summed E-state index contributed by atoms with van der Waals surface area (Å²) in [6.45, 7) is 0. The first-order valence-electron chi connectivity index (χ1n) is 5.93. The zero-order valence-electron chi connectivity index (χ0n) is 10.6. The summed E-state index contributed by atoms with van der Waals surface area (Å²) in [4.78, 5) is 1.16. The van der Waals surface area contributed by atoms with E-state index >= 15 is 0 Å². The molecule has 2 N–H and O–H groups in total. The van der Waals surface area contributed by atoms with Crippen LogP contribution in [0, 0.1) is 11.6 Å². The monoisotopic (exact) mass is 279 g/mol. The van der Waals surface area contributed by atoms with Gasteiger partial charge in [-0.15, -0.1) is 11.8 Å². The van der Waals surface area contributed by atoms with Crippen LogP contribution in [0.5, 0.6) is 0 Å². The Morgan fingerprint density at radius 2 is 1.63 bits per heavy atom. The second-order valence-electron chi connectivity index (χ2n) is 4.36. The van der Waals surface area contributed by atoms with Crippen LogP contribution in [-0.2, 0) is 6.42 Å². The van der Waals surface area contributed by atoms with Gasteiger partial charge in [-0.05, 0) is 48.1 Å².